The van der Waals surface area contributed by atoms with Crippen molar-refractivity contribution in [3.05, 3.63) is 72.8 Å². The van der Waals surface area contributed by atoms with E-state index in [-0.39, 0.29) is 23.7 Å². The normalized spacial score (nSPS) is 14.6. The Balaban J connectivity index is 1.53. The van der Waals surface area contributed by atoms with Crippen molar-refractivity contribution in [1.82, 2.24) is 5.32 Å². The van der Waals surface area contributed by atoms with Gasteiger partial charge in [0, 0.05) is 6.07 Å². The van der Waals surface area contributed by atoms with E-state index in [9.17, 15) is 13.2 Å². The third-order valence-electron chi connectivity index (χ3n) is 5.37. The molecule has 0 saturated carbocycles. The number of rotatable bonds is 9. The molecule has 0 radical (unpaired) electrons. The number of carbonyl (C=O) groups is 1. The van der Waals surface area contributed by atoms with Crippen LogP contribution in [0, 0.1) is 0 Å². The van der Waals surface area contributed by atoms with Gasteiger partial charge in [-0.15, -0.1) is 0 Å². The molecule has 184 valence electrons. The first-order chi connectivity index (χ1) is 16.9. The van der Waals surface area contributed by atoms with E-state index in [1.165, 1.54) is 32.4 Å². The fraction of sp³-hybridized carbons (Fsp3) is 0.240. The molecule has 3 aromatic rings. The molecule has 1 atom stereocenters. The van der Waals surface area contributed by atoms with Crippen molar-refractivity contribution < 1.29 is 32.2 Å². The third kappa shape index (κ3) is 5.43. The van der Waals surface area contributed by atoms with Crippen LogP contribution in [0.2, 0.25) is 0 Å². The number of amides is 1. The Kier molecular flexibility index (Phi) is 7.31. The molecule has 3 aromatic carbocycles. The summed E-state index contributed by atoms with van der Waals surface area (Å²) in [5.41, 5.74) is 0.257. The molecule has 0 spiro atoms. The van der Waals surface area contributed by atoms with Gasteiger partial charge in [0.1, 0.15) is 19.3 Å². The van der Waals surface area contributed by atoms with Gasteiger partial charge in [-0.3, -0.25) is 9.10 Å². The highest BCUT2D eigenvalue weighted by Gasteiger charge is 2.29. The van der Waals surface area contributed by atoms with Gasteiger partial charge in [-0.05, 0) is 36.4 Å². The first-order valence-electron chi connectivity index (χ1n) is 10.9. The van der Waals surface area contributed by atoms with Gasteiger partial charge < -0.3 is 24.3 Å². The summed E-state index contributed by atoms with van der Waals surface area (Å²) in [7, 11) is -1.12. The Bertz CT molecular complexity index is 1280. The quantitative estimate of drug-likeness (QED) is 0.484. The zero-order valence-electron chi connectivity index (χ0n) is 19.3. The van der Waals surface area contributed by atoms with Crippen LogP contribution >= 0.6 is 0 Å². The van der Waals surface area contributed by atoms with Crippen LogP contribution in [0.1, 0.15) is 0 Å². The van der Waals surface area contributed by atoms with Crippen molar-refractivity contribution >= 4 is 21.6 Å². The fourth-order valence-corrected chi connectivity index (χ4v) is 5.03. The Morgan fingerprint density at radius 1 is 0.971 bits per heavy atom. The average molecular weight is 499 g/mol. The summed E-state index contributed by atoms with van der Waals surface area (Å²) in [5.74, 6) is 1.51. The lowest BCUT2D eigenvalue weighted by molar-refractivity contribution is -0.120. The molecule has 0 aliphatic carbocycles. The second-order valence-electron chi connectivity index (χ2n) is 7.67. The van der Waals surface area contributed by atoms with Crippen molar-refractivity contribution in [3.8, 4) is 23.0 Å². The number of para-hydroxylation sites is 2. The molecule has 35 heavy (non-hydrogen) atoms. The minimum Gasteiger partial charge on any atom is -0.493 e. The number of nitrogens with one attached hydrogen (secondary N) is 1. The number of benzene rings is 3. The molecule has 9 nitrogen and oxygen atoms in total. The molecule has 0 saturated heterocycles. The van der Waals surface area contributed by atoms with E-state index in [1.807, 2.05) is 12.1 Å². The second-order valence-corrected chi connectivity index (χ2v) is 9.53. The van der Waals surface area contributed by atoms with Crippen molar-refractivity contribution in [2.75, 3.05) is 38.2 Å². The van der Waals surface area contributed by atoms with E-state index < -0.39 is 28.6 Å². The number of hydrogen-bond donors (Lipinski definition) is 1. The third-order valence-corrected chi connectivity index (χ3v) is 7.16. The van der Waals surface area contributed by atoms with E-state index in [4.69, 9.17) is 18.9 Å². The molecule has 0 unspecified atom stereocenters. The summed E-state index contributed by atoms with van der Waals surface area (Å²) in [6, 6.07) is 19.9. The Hall–Kier alpha value is -3.92. The highest BCUT2D eigenvalue weighted by Crippen LogP contribution is 2.34. The maximum Gasteiger partial charge on any atom is 0.264 e. The van der Waals surface area contributed by atoms with Crippen LogP contribution in [0.15, 0.2) is 77.7 Å². The molecule has 1 N–H and O–H groups in total. The molecule has 1 aliphatic heterocycles. The molecule has 1 amide bonds. The number of nitrogens with zero attached hydrogens (tertiary/aromatic N) is 1. The van der Waals surface area contributed by atoms with Crippen molar-refractivity contribution in [2.24, 2.45) is 0 Å². The SMILES string of the molecule is COc1ccc(N(CC(=O)NC[C@@H]2COc3ccccc3O2)S(=O)(=O)c2ccccc2)cc1OC. The molecule has 0 bridgehead atoms. The van der Waals surface area contributed by atoms with Gasteiger partial charge in [-0.1, -0.05) is 30.3 Å². The molecule has 1 aliphatic rings. The van der Waals surface area contributed by atoms with Crippen LogP contribution in [0.3, 0.4) is 0 Å². The van der Waals surface area contributed by atoms with Crippen LogP contribution in [-0.2, 0) is 14.8 Å². The Morgan fingerprint density at radius 3 is 2.37 bits per heavy atom. The van der Waals surface area contributed by atoms with Crippen molar-refractivity contribution in [1.29, 1.82) is 0 Å². The molecule has 0 aromatic heterocycles. The number of methoxy groups -OCH3 is 2. The summed E-state index contributed by atoms with van der Waals surface area (Å²) in [6.45, 7) is -0.0335. The number of anilines is 1. The van der Waals surface area contributed by atoms with E-state index in [0.29, 0.717) is 23.0 Å². The molecule has 4 rings (SSSR count). The molecule has 0 fully saturated rings. The van der Waals surface area contributed by atoms with E-state index in [1.54, 1.807) is 42.5 Å². The topological polar surface area (TPSA) is 103 Å². The lowest BCUT2D eigenvalue weighted by atomic mass is 10.2. The molecule has 1 heterocycles. The summed E-state index contributed by atoms with van der Waals surface area (Å²) in [4.78, 5) is 13.0. The lowest BCUT2D eigenvalue weighted by Gasteiger charge is -2.27. The predicted molar refractivity (Wildman–Crippen MR) is 130 cm³/mol. The van der Waals surface area contributed by atoms with Gasteiger partial charge >= 0.3 is 0 Å². The maximum atomic E-state index is 13.5. The summed E-state index contributed by atoms with van der Waals surface area (Å²) >= 11 is 0. The monoisotopic (exact) mass is 498 g/mol. The van der Waals surface area contributed by atoms with Gasteiger partial charge in [0.25, 0.3) is 10.0 Å². The minimum atomic E-state index is -4.06. The van der Waals surface area contributed by atoms with Crippen LogP contribution in [-0.4, -0.2) is 54.3 Å². The Morgan fingerprint density at radius 2 is 1.66 bits per heavy atom. The highest BCUT2D eigenvalue weighted by molar-refractivity contribution is 7.92. The summed E-state index contributed by atoms with van der Waals surface area (Å²) < 4.78 is 50.1. The van der Waals surface area contributed by atoms with Gasteiger partial charge in [-0.25, -0.2) is 8.42 Å². The van der Waals surface area contributed by atoms with Gasteiger partial charge in [0.15, 0.2) is 23.0 Å². The first kappa shape index (κ1) is 24.2. The molecule has 10 heteroatoms. The highest BCUT2D eigenvalue weighted by atomic mass is 32.2. The van der Waals surface area contributed by atoms with Crippen LogP contribution in [0.5, 0.6) is 23.0 Å². The number of fused-ring (bicyclic) bond motifs is 1. The summed E-state index contributed by atoms with van der Waals surface area (Å²) in [5, 5.41) is 2.75. The predicted octanol–water partition coefficient (Wildman–Crippen LogP) is 2.86. The number of ether oxygens (including phenoxy) is 4. The van der Waals surface area contributed by atoms with Crippen molar-refractivity contribution in [3.63, 3.8) is 0 Å². The van der Waals surface area contributed by atoms with Gasteiger partial charge in [-0.2, -0.15) is 0 Å². The van der Waals surface area contributed by atoms with Crippen LogP contribution in [0.25, 0.3) is 0 Å². The van der Waals surface area contributed by atoms with Crippen LogP contribution < -0.4 is 28.6 Å². The standard InChI is InChI=1S/C25H26N2O7S/c1-31-21-13-12-18(14-24(21)32-2)27(35(29,30)20-8-4-3-5-9-20)16-25(28)26-15-19-17-33-22-10-6-7-11-23(22)34-19/h3-14,19H,15-17H2,1-2H3,(H,26,28)/t19-/m1/s1. The smallest absolute Gasteiger partial charge is 0.264 e. The molecular weight excluding hydrogens is 472 g/mol. The van der Waals surface area contributed by atoms with Crippen molar-refractivity contribution in [2.45, 2.75) is 11.0 Å². The summed E-state index contributed by atoms with van der Waals surface area (Å²) in [6.07, 6.45) is -0.408. The van der Waals surface area contributed by atoms with Crippen LogP contribution in [0.4, 0.5) is 5.69 Å². The first-order valence-corrected chi connectivity index (χ1v) is 12.3. The zero-order chi connectivity index (χ0) is 24.8. The number of sulfonamides is 1. The van der Waals surface area contributed by atoms with Gasteiger partial charge in [0.2, 0.25) is 5.91 Å². The molecular formula is C25H26N2O7S. The van der Waals surface area contributed by atoms with E-state index >= 15 is 0 Å². The van der Waals surface area contributed by atoms with Gasteiger partial charge in [0.05, 0.1) is 31.3 Å². The second kappa shape index (κ2) is 10.6. The lowest BCUT2D eigenvalue weighted by Crippen LogP contribution is -2.45. The Labute approximate surface area is 204 Å². The fourth-order valence-electron chi connectivity index (χ4n) is 3.59. The largest absolute Gasteiger partial charge is 0.493 e. The number of hydrogen-bond acceptors (Lipinski definition) is 7. The average Bonchev–Trinajstić information content (AvgIpc) is 2.90. The minimum absolute atomic E-state index is 0.0585. The van der Waals surface area contributed by atoms with E-state index in [2.05, 4.69) is 5.32 Å². The van der Waals surface area contributed by atoms with E-state index in [0.717, 1.165) is 4.31 Å². The number of carbonyl (C=O) groups excluding carboxylic acids is 1. The maximum absolute atomic E-state index is 13.5. The zero-order valence-corrected chi connectivity index (χ0v) is 20.2.